The Labute approximate surface area is 128 Å². The second-order valence-corrected chi connectivity index (χ2v) is 5.21. The lowest BCUT2D eigenvalue weighted by Crippen LogP contribution is -2.11. The van der Waals surface area contributed by atoms with E-state index < -0.39 is 5.97 Å². The molecule has 116 valence electrons. The van der Waals surface area contributed by atoms with Gasteiger partial charge in [0.15, 0.2) is 0 Å². The molecule has 1 aromatic heterocycles. The van der Waals surface area contributed by atoms with Crippen LogP contribution in [0, 0.1) is 6.92 Å². The van der Waals surface area contributed by atoms with Crippen LogP contribution < -0.4 is 5.32 Å². The highest BCUT2D eigenvalue weighted by molar-refractivity contribution is 5.90. The number of amides is 1. The summed E-state index contributed by atoms with van der Waals surface area (Å²) in [4.78, 5) is 22.1. The van der Waals surface area contributed by atoms with Crippen LogP contribution in [0.1, 0.15) is 30.4 Å². The zero-order valence-corrected chi connectivity index (χ0v) is 12.5. The number of nitrogens with zero attached hydrogens (tertiary/aromatic N) is 2. The molecule has 1 aromatic carbocycles. The fraction of sp³-hybridized carbons (Fsp3) is 0.312. The van der Waals surface area contributed by atoms with Crippen molar-refractivity contribution in [1.29, 1.82) is 0 Å². The molecule has 1 heterocycles. The molecule has 6 heteroatoms. The Morgan fingerprint density at radius 1 is 1.32 bits per heavy atom. The van der Waals surface area contributed by atoms with Crippen LogP contribution in [-0.2, 0) is 16.1 Å². The van der Waals surface area contributed by atoms with Crippen LogP contribution in [0.25, 0.3) is 0 Å². The van der Waals surface area contributed by atoms with Crippen molar-refractivity contribution in [2.75, 3.05) is 5.32 Å². The molecule has 0 fully saturated rings. The largest absolute Gasteiger partial charge is 0.481 e. The highest BCUT2D eigenvalue weighted by Crippen LogP contribution is 2.10. The van der Waals surface area contributed by atoms with E-state index in [0.29, 0.717) is 18.7 Å². The molecule has 0 unspecified atom stereocenters. The minimum absolute atomic E-state index is 0.0000398. The molecule has 0 atom stereocenters. The van der Waals surface area contributed by atoms with Gasteiger partial charge in [-0.1, -0.05) is 29.8 Å². The predicted octanol–water partition coefficient (Wildman–Crippen LogP) is 2.43. The molecule has 0 aliphatic carbocycles. The number of hydrogen-bond acceptors (Lipinski definition) is 3. The first-order valence-corrected chi connectivity index (χ1v) is 7.12. The molecule has 2 rings (SSSR count). The summed E-state index contributed by atoms with van der Waals surface area (Å²) in [6, 6.07) is 8.15. The fourth-order valence-electron chi connectivity index (χ4n) is 2.14. The van der Waals surface area contributed by atoms with E-state index >= 15 is 0 Å². The summed E-state index contributed by atoms with van der Waals surface area (Å²) in [6.07, 6.45) is 3.87. The lowest BCUT2D eigenvalue weighted by atomic mass is 10.1. The van der Waals surface area contributed by atoms with E-state index in [9.17, 15) is 9.59 Å². The molecule has 22 heavy (non-hydrogen) atoms. The van der Waals surface area contributed by atoms with Crippen molar-refractivity contribution in [3.63, 3.8) is 0 Å². The van der Waals surface area contributed by atoms with Crippen molar-refractivity contribution in [2.24, 2.45) is 0 Å². The molecule has 0 aliphatic rings. The first-order chi connectivity index (χ1) is 10.5. The van der Waals surface area contributed by atoms with Crippen molar-refractivity contribution in [1.82, 2.24) is 9.78 Å². The molecule has 2 aromatic rings. The Morgan fingerprint density at radius 3 is 2.86 bits per heavy atom. The third kappa shape index (κ3) is 5.05. The molecular weight excluding hydrogens is 282 g/mol. The Balaban J connectivity index is 1.86. The predicted molar refractivity (Wildman–Crippen MR) is 82.6 cm³/mol. The highest BCUT2D eigenvalue weighted by Gasteiger charge is 2.06. The Morgan fingerprint density at radius 2 is 2.14 bits per heavy atom. The van der Waals surface area contributed by atoms with Gasteiger partial charge in [-0.3, -0.25) is 14.3 Å². The zero-order chi connectivity index (χ0) is 15.9. The maximum Gasteiger partial charge on any atom is 0.303 e. The molecule has 0 saturated heterocycles. The van der Waals surface area contributed by atoms with Crippen LogP contribution in [0.4, 0.5) is 5.69 Å². The van der Waals surface area contributed by atoms with Gasteiger partial charge in [0.1, 0.15) is 0 Å². The summed E-state index contributed by atoms with van der Waals surface area (Å²) in [6.45, 7) is 2.67. The van der Waals surface area contributed by atoms with Crippen LogP contribution >= 0.6 is 0 Å². The average molecular weight is 301 g/mol. The van der Waals surface area contributed by atoms with E-state index in [-0.39, 0.29) is 18.7 Å². The van der Waals surface area contributed by atoms with E-state index in [2.05, 4.69) is 16.5 Å². The third-order valence-electron chi connectivity index (χ3n) is 3.14. The molecule has 0 saturated carbocycles. The second-order valence-electron chi connectivity index (χ2n) is 5.21. The first-order valence-electron chi connectivity index (χ1n) is 7.12. The number of nitrogens with one attached hydrogen (secondary N) is 1. The number of anilines is 1. The van der Waals surface area contributed by atoms with Gasteiger partial charge in [0.05, 0.1) is 18.4 Å². The first kappa shape index (κ1) is 15.8. The van der Waals surface area contributed by atoms with Crippen LogP contribution in [0.5, 0.6) is 0 Å². The lowest BCUT2D eigenvalue weighted by Gasteiger charge is -2.03. The number of carboxylic acid groups (broad SMARTS) is 1. The Kier molecular flexibility index (Phi) is 5.30. The number of aromatic nitrogens is 2. The van der Waals surface area contributed by atoms with Gasteiger partial charge in [-0.2, -0.15) is 5.10 Å². The number of carboxylic acids is 1. The summed E-state index contributed by atoms with van der Waals surface area (Å²) in [5.41, 5.74) is 2.95. The average Bonchev–Trinajstić information content (AvgIpc) is 2.85. The van der Waals surface area contributed by atoms with Gasteiger partial charge in [0.25, 0.3) is 0 Å². The maximum absolute atomic E-state index is 11.7. The lowest BCUT2D eigenvalue weighted by molar-refractivity contribution is -0.137. The minimum atomic E-state index is -0.890. The molecule has 0 spiro atoms. The van der Waals surface area contributed by atoms with Gasteiger partial charge in [0.2, 0.25) is 5.91 Å². The van der Waals surface area contributed by atoms with Crippen LogP contribution in [0.2, 0.25) is 0 Å². The van der Waals surface area contributed by atoms with E-state index in [1.165, 1.54) is 5.56 Å². The number of hydrogen-bond donors (Lipinski definition) is 2. The molecule has 1 amide bonds. The SMILES string of the molecule is Cc1cccc(Cn2cc(NC(=O)CCCC(=O)O)cn2)c1. The van der Waals surface area contributed by atoms with Gasteiger partial charge < -0.3 is 10.4 Å². The van der Waals surface area contributed by atoms with Crippen molar-refractivity contribution in [2.45, 2.75) is 32.7 Å². The maximum atomic E-state index is 11.7. The molecule has 0 radical (unpaired) electrons. The van der Waals surface area contributed by atoms with E-state index in [0.717, 1.165) is 5.56 Å². The van der Waals surface area contributed by atoms with Crippen LogP contribution in [0.3, 0.4) is 0 Å². The molecule has 0 bridgehead atoms. The highest BCUT2D eigenvalue weighted by atomic mass is 16.4. The number of rotatable bonds is 7. The summed E-state index contributed by atoms with van der Waals surface area (Å²) in [5, 5.41) is 15.5. The van der Waals surface area contributed by atoms with Crippen molar-refractivity contribution < 1.29 is 14.7 Å². The summed E-state index contributed by atoms with van der Waals surface area (Å²) >= 11 is 0. The topological polar surface area (TPSA) is 84.2 Å². The fourth-order valence-corrected chi connectivity index (χ4v) is 2.14. The van der Waals surface area contributed by atoms with E-state index in [4.69, 9.17) is 5.11 Å². The number of carbonyl (C=O) groups is 2. The minimum Gasteiger partial charge on any atom is -0.481 e. The van der Waals surface area contributed by atoms with E-state index in [1.807, 2.05) is 25.1 Å². The molecular formula is C16H19N3O3. The zero-order valence-electron chi connectivity index (χ0n) is 12.5. The van der Waals surface area contributed by atoms with Gasteiger partial charge in [-0.25, -0.2) is 0 Å². The molecule has 0 aliphatic heterocycles. The smallest absolute Gasteiger partial charge is 0.303 e. The summed E-state index contributed by atoms with van der Waals surface area (Å²) in [5.74, 6) is -1.09. The van der Waals surface area contributed by atoms with Crippen molar-refractivity contribution in [3.05, 3.63) is 47.8 Å². The quantitative estimate of drug-likeness (QED) is 0.822. The second kappa shape index (κ2) is 7.40. The Hall–Kier alpha value is -2.63. The van der Waals surface area contributed by atoms with Crippen LogP contribution in [-0.4, -0.2) is 26.8 Å². The third-order valence-corrected chi connectivity index (χ3v) is 3.14. The van der Waals surface area contributed by atoms with Crippen LogP contribution in [0.15, 0.2) is 36.7 Å². The van der Waals surface area contributed by atoms with Crippen molar-refractivity contribution in [3.8, 4) is 0 Å². The number of carbonyl (C=O) groups excluding carboxylic acids is 1. The van der Waals surface area contributed by atoms with Gasteiger partial charge >= 0.3 is 5.97 Å². The van der Waals surface area contributed by atoms with Gasteiger partial charge in [-0.05, 0) is 18.9 Å². The van der Waals surface area contributed by atoms with Gasteiger partial charge in [0, 0.05) is 19.0 Å². The Bertz CT molecular complexity index is 664. The normalized spacial score (nSPS) is 10.4. The monoisotopic (exact) mass is 301 g/mol. The molecule has 2 N–H and O–H groups in total. The summed E-state index contributed by atoms with van der Waals surface area (Å²) in [7, 11) is 0. The number of aryl methyl sites for hydroxylation is 1. The summed E-state index contributed by atoms with van der Waals surface area (Å²) < 4.78 is 1.75. The molecule has 6 nitrogen and oxygen atoms in total. The van der Waals surface area contributed by atoms with E-state index in [1.54, 1.807) is 17.1 Å². The standard InChI is InChI=1S/C16H19N3O3/c1-12-4-2-5-13(8-12)10-19-11-14(9-17-19)18-15(20)6-3-7-16(21)22/h2,4-5,8-9,11H,3,6-7,10H2,1H3,(H,18,20)(H,21,22). The number of benzene rings is 1. The van der Waals surface area contributed by atoms with Gasteiger partial charge in [-0.15, -0.1) is 0 Å². The van der Waals surface area contributed by atoms with Crippen molar-refractivity contribution >= 4 is 17.6 Å². The number of aliphatic carboxylic acids is 1.